The summed E-state index contributed by atoms with van der Waals surface area (Å²) in [5, 5.41) is 13.7. The molecule has 5 nitrogen and oxygen atoms in total. The number of benzene rings is 2. The lowest BCUT2D eigenvalue weighted by Gasteiger charge is -2.08. The summed E-state index contributed by atoms with van der Waals surface area (Å²) in [6, 6.07) is 15.4. The molecule has 2 rings (SSSR count). The average molecular weight is 279 g/mol. The van der Waals surface area contributed by atoms with Crippen LogP contribution in [0.3, 0.4) is 0 Å². The molecule has 21 heavy (non-hydrogen) atoms. The third-order valence-electron chi connectivity index (χ3n) is 2.87. The van der Waals surface area contributed by atoms with Crippen LogP contribution in [0.4, 0.5) is 11.4 Å². The summed E-state index contributed by atoms with van der Waals surface area (Å²) in [5.74, 6) is -1.50. The molecule has 0 unspecified atom stereocenters. The van der Waals surface area contributed by atoms with E-state index in [4.69, 9.17) is 5.26 Å². The highest BCUT2D eigenvalue weighted by molar-refractivity contribution is 6.43. The van der Waals surface area contributed by atoms with Crippen molar-refractivity contribution in [2.24, 2.45) is 0 Å². The highest BCUT2D eigenvalue weighted by atomic mass is 16.2. The average Bonchev–Trinajstić information content (AvgIpc) is 2.50. The molecule has 0 heterocycles. The Hall–Kier alpha value is -3.13. The van der Waals surface area contributed by atoms with Gasteiger partial charge in [0.1, 0.15) is 0 Å². The fourth-order valence-electron chi connectivity index (χ4n) is 1.71. The van der Waals surface area contributed by atoms with Crippen molar-refractivity contribution in [1.29, 1.82) is 5.26 Å². The quantitative estimate of drug-likeness (QED) is 0.828. The molecule has 2 aromatic rings. The Morgan fingerprint density at radius 1 is 0.952 bits per heavy atom. The number of hydrogen-bond acceptors (Lipinski definition) is 3. The van der Waals surface area contributed by atoms with Gasteiger partial charge in [0.2, 0.25) is 0 Å². The molecule has 0 aliphatic carbocycles. The zero-order valence-corrected chi connectivity index (χ0v) is 11.4. The standard InChI is InChI=1S/C16H13N3O2/c1-11-4-2-3-5-14(11)19-16(21)15(20)18-13-8-6-12(10-17)7-9-13/h2-9H,1H3,(H,18,20)(H,19,21). The van der Waals surface area contributed by atoms with Gasteiger partial charge in [0, 0.05) is 11.4 Å². The third kappa shape index (κ3) is 3.67. The predicted octanol–water partition coefficient (Wildman–Crippen LogP) is 2.44. The van der Waals surface area contributed by atoms with E-state index >= 15 is 0 Å². The van der Waals surface area contributed by atoms with Crippen molar-refractivity contribution in [3.8, 4) is 6.07 Å². The Bertz CT molecular complexity index is 715. The van der Waals surface area contributed by atoms with Gasteiger partial charge in [-0.15, -0.1) is 0 Å². The summed E-state index contributed by atoms with van der Waals surface area (Å²) in [7, 11) is 0. The van der Waals surface area contributed by atoms with E-state index in [1.54, 1.807) is 36.4 Å². The minimum Gasteiger partial charge on any atom is -0.318 e. The molecule has 0 aliphatic heterocycles. The normalized spacial score (nSPS) is 9.52. The van der Waals surface area contributed by atoms with Crippen LogP contribution in [-0.2, 0) is 9.59 Å². The zero-order valence-electron chi connectivity index (χ0n) is 11.4. The van der Waals surface area contributed by atoms with Crippen molar-refractivity contribution in [2.75, 3.05) is 10.6 Å². The van der Waals surface area contributed by atoms with Crippen molar-refractivity contribution in [1.82, 2.24) is 0 Å². The molecule has 2 aromatic carbocycles. The van der Waals surface area contributed by atoms with E-state index in [2.05, 4.69) is 10.6 Å². The number of carbonyl (C=O) groups excluding carboxylic acids is 2. The maximum Gasteiger partial charge on any atom is 0.314 e. The van der Waals surface area contributed by atoms with Crippen LogP contribution in [0.1, 0.15) is 11.1 Å². The van der Waals surface area contributed by atoms with Crippen LogP contribution in [0, 0.1) is 18.3 Å². The molecular weight excluding hydrogens is 266 g/mol. The Balaban J connectivity index is 2.01. The monoisotopic (exact) mass is 279 g/mol. The minimum absolute atomic E-state index is 0.457. The van der Waals surface area contributed by atoms with Gasteiger partial charge in [0.25, 0.3) is 0 Å². The molecule has 0 saturated heterocycles. The van der Waals surface area contributed by atoms with E-state index in [0.29, 0.717) is 16.9 Å². The number of anilines is 2. The SMILES string of the molecule is Cc1ccccc1NC(=O)C(=O)Nc1ccc(C#N)cc1. The number of rotatable bonds is 2. The van der Waals surface area contributed by atoms with Crippen LogP contribution in [-0.4, -0.2) is 11.8 Å². The molecule has 2 amide bonds. The van der Waals surface area contributed by atoms with Crippen molar-refractivity contribution in [2.45, 2.75) is 6.92 Å². The van der Waals surface area contributed by atoms with Gasteiger partial charge in [-0.25, -0.2) is 0 Å². The van der Waals surface area contributed by atoms with Gasteiger partial charge < -0.3 is 10.6 Å². The fraction of sp³-hybridized carbons (Fsp3) is 0.0625. The first-order valence-electron chi connectivity index (χ1n) is 6.28. The van der Waals surface area contributed by atoms with Crippen LogP contribution in [0.5, 0.6) is 0 Å². The highest BCUT2D eigenvalue weighted by Crippen LogP contribution is 2.13. The molecule has 0 atom stereocenters. The number of hydrogen-bond donors (Lipinski definition) is 2. The number of nitriles is 1. The van der Waals surface area contributed by atoms with E-state index in [0.717, 1.165) is 5.56 Å². The minimum atomic E-state index is -0.761. The fourth-order valence-corrected chi connectivity index (χ4v) is 1.71. The largest absolute Gasteiger partial charge is 0.318 e. The Labute approximate surface area is 122 Å². The molecule has 0 aromatic heterocycles. The second kappa shape index (κ2) is 6.35. The lowest BCUT2D eigenvalue weighted by molar-refractivity contribution is -0.133. The van der Waals surface area contributed by atoms with Gasteiger partial charge in [0.15, 0.2) is 0 Å². The second-order valence-electron chi connectivity index (χ2n) is 4.41. The maximum atomic E-state index is 11.8. The topological polar surface area (TPSA) is 82.0 Å². The molecule has 2 N–H and O–H groups in total. The van der Waals surface area contributed by atoms with Gasteiger partial charge in [-0.2, -0.15) is 5.26 Å². The maximum absolute atomic E-state index is 11.8. The van der Waals surface area contributed by atoms with Crippen molar-refractivity contribution in [3.63, 3.8) is 0 Å². The number of nitrogens with one attached hydrogen (secondary N) is 2. The molecule has 0 saturated carbocycles. The summed E-state index contributed by atoms with van der Waals surface area (Å²) < 4.78 is 0. The van der Waals surface area contributed by atoms with Crippen LogP contribution in [0.2, 0.25) is 0 Å². The molecular formula is C16H13N3O2. The van der Waals surface area contributed by atoms with Gasteiger partial charge in [-0.3, -0.25) is 9.59 Å². The lowest BCUT2D eigenvalue weighted by Crippen LogP contribution is -2.29. The Kier molecular flexibility index (Phi) is 4.32. The first kappa shape index (κ1) is 14.3. The van der Waals surface area contributed by atoms with E-state index in [-0.39, 0.29) is 0 Å². The number of carbonyl (C=O) groups is 2. The van der Waals surface area contributed by atoms with Gasteiger partial charge in [-0.1, -0.05) is 18.2 Å². The van der Waals surface area contributed by atoms with E-state index in [9.17, 15) is 9.59 Å². The van der Waals surface area contributed by atoms with Crippen LogP contribution in [0.25, 0.3) is 0 Å². The van der Waals surface area contributed by atoms with E-state index < -0.39 is 11.8 Å². The first-order valence-corrected chi connectivity index (χ1v) is 6.28. The zero-order chi connectivity index (χ0) is 15.2. The summed E-state index contributed by atoms with van der Waals surface area (Å²) in [4.78, 5) is 23.6. The summed E-state index contributed by atoms with van der Waals surface area (Å²) in [6.07, 6.45) is 0. The third-order valence-corrected chi connectivity index (χ3v) is 2.87. The van der Waals surface area contributed by atoms with Gasteiger partial charge >= 0.3 is 11.8 Å². The number of aryl methyl sites for hydroxylation is 1. The molecule has 0 spiro atoms. The number of nitrogens with zero attached hydrogens (tertiary/aromatic N) is 1. The van der Waals surface area contributed by atoms with Gasteiger partial charge in [0.05, 0.1) is 11.6 Å². The van der Waals surface area contributed by atoms with E-state index in [1.807, 2.05) is 25.1 Å². The Morgan fingerprint density at radius 2 is 1.57 bits per heavy atom. The van der Waals surface area contributed by atoms with E-state index in [1.165, 1.54) is 0 Å². The van der Waals surface area contributed by atoms with Crippen molar-refractivity contribution >= 4 is 23.2 Å². The van der Waals surface area contributed by atoms with Crippen molar-refractivity contribution in [3.05, 3.63) is 59.7 Å². The van der Waals surface area contributed by atoms with Crippen molar-refractivity contribution < 1.29 is 9.59 Å². The van der Waals surface area contributed by atoms with Crippen LogP contribution >= 0.6 is 0 Å². The molecule has 0 fully saturated rings. The summed E-state index contributed by atoms with van der Waals surface area (Å²) in [6.45, 7) is 1.84. The molecule has 0 aliphatic rings. The highest BCUT2D eigenvalue weighted by Gasteiger charge is 2.14. The number of amides is 2. The van der Waals surface area contributed by atoms with Crippen LogP contribution < -0.4 is 10.6 Å². The molecule has 104 valence electrons. The predicted molar refractivity (Wildman–Crippen MR) is 79.6 cm³/mol. The van der Waals surface area contributed by atoms with Crippen LogP contribution in [0.15, 0.2) is 48.5 Å². The summed E-state index contributed by atoms with van der Waals surface area (Å²) >= 11 is 0. The molecule has 0 bridgehead atoms. The molecule has 5 heteroatoms. The molecule has 0 radical (unpaired) electrons. The summed E-state index contributed by atoms with van der Waals surface area (Å²) in [5.41, 5.74) is 2.41. The lowest BCUT2D eigenvalue weighted by atomic mass is 10.2. The smallest absolute Gasteiger partial charge is 0.314 e. The Morgan fingerprint density at radius 3 is 2.19 bits per heavy atom. The number of para-hydroxylation sites is 1. The second-order valence-corrected chi connectivity index (χ2v) is 4.41. The first-order chi connectivity index (χ1) is 10.1. The van der Waals surface area contributed by atoms with Gasteiger partial charge in [-0.05, 0) is 42.8 Å².